The molecule has 3 aromatic rings. The fourth-order valence-corrected chi connectivity index (χ4v) is 4.26. The highest BCUT2D eigenvalue weighted by Crippen LogP contribution is 2.23. The van der Waals surface area contributed by atoms with Crippen molar-refractivity contribution in [2.24, 2.45) is 0 Å². The molecule has 1 aliphatic heterocycles. The number of anilines is 1. The maximum atomic E-state index is 12.6. The molecule has 1 fully saturated rings. The van der Waals surface area contributed by atoms with E-state index in [0.29, 0.717) is 10.7 Å². The molecular weight excluding hydrogens is 384 g/mol. The molecule has 0 bridgehead atoms. The summed E-state index contributed by atoms with van der Waals surface area (Å²) >= 11 is 1.39. The summed E-state index contributed by atoms with van der Waals surface area (Å²) in [5, 5.41) is 5.33. The van der Waals surface area contributed by atoms with Crippen LogP contribution in [0.25, 0.3) is 11.4 Å². The van der Waals surface area contributed by atoms with Crippen LogP contribution < -0.4 is 5.32 Å². The number of carbonyl (C=O) groups is 1. The number of aromatic nitrogens is 2. The van der Waals surface area contributed by atoms with Crippen molar-refractivity contribution >= 4 is 22.4 Å². The van der Waals surface area contributed by atoms with Crippen LogP contribution in [0.2, 0.25) is 0 Å². The first-order chi connectivity index (χ1) is 14.1. The molecule has 0 aliphatic carbocycles. The third-order valence-electron chi connectivity index (χ3n) is 4.77. The van der Waals surface area contributed by atoms with E-state index in [-0.39, 0.29) is 18.1 Å². The number of hydrogen-bond donors (Lipinski definition) is 1. The van der Waals surface area contributed by atoms with Gasteiger partial charge in [-0.15, -0.1) is 11.3 Å². The predicted octanol–water partition coefficient (Wildman–Crippen LogP) is 4.07. The van der Waals surface area contributed by atoms with E-state index in [9.17, 15) is 4.79 Å². The maximum absolute atomic E-state index is 12.6. The fourth-order valence-electron chi connectivity index (χ4n) is 3.57. The number of amides is 1. The lowest BCUT2D eigenvalue weighted by atomic mass is 10.1. The Hall–Kier alpha value is -2.61. The Kier molecular flexibility index (Phi) is 5.99. The first kappa shape index (κ1) is 19.7. The highest BCUT2D eigenvalue weighted by molar-refractivity contribution is 7.14. The van der Waals surface area contributed by atoms with Crippen LogP contribution in [0.1, 0.15) is 29.8 Å². The van der Waals surface area contributed by atoms with Gasteiger partial charge in [0.2, 0.25) is 0 Å². The average Bonchev–Trinajstić information content (AvgIpc) is 3.17. The van der Waals surface area contributed by atoms with Crippen LogP contribution in [-0.2, 0) is 11.3 Å². The monoisotopic (exact) mass is 408 g/mol. The Morgan fingerprint density at radius 2 is 1.90 bits per heavy atom. The summed E-state index contributed by atoms with van der Waals surface area (Å²) in [6.07, 6.45) is 2.23. The van der Waals surface area contributed by atoms with Gasteiger partial charge < -0.3 is 4.74 Å². The highest BCUT2D eigenvalue weighted by atomic mass is 32.1. The van der Waals surface area contributed by atoms with Gasteiger partial charge in [0.05, 0.1) is 17.9 Å². The van der Waals surface area contributed by atoms with Crippen molar-refractivity contribution in [3.8, 4) is 11.4 Å². The molecule has 0 radical (unpaired) electrons. The molecule has 0 saturated carbocycles. The van der Waals surface area contributed by atoms with Gasteiger partial charge in [0.15, 0.2) is 5.13 Å². The van der Waals surface area contributed by atoms with Crippen molar-refractivity contribution in [2.75, 3.05) is 18.4 Å². The molecule has 0 spiro atoms. The first-order valence-electron chi connectivity index (χ1n) is 9.72. The summed E-state index contributed by atoms with van der Waals surface area (Å²) in [6, 6.07) is 13.4. The molecule has 3 heterocycles. The van der Waals surface area contributed by atoms with Gasteiger partial charge >= 0.3 is 0 Å². The van der Waals surface area contributed by atoms with Gasteiger partial charge in [-0.2, -0.15) is 0 Å². The largest absolute Gasteiger partial charge is 0.373 e. The van der Waals surface area contributed by atoms with Crippen molar-refractivity contribution in [1.29, 1.82) is 0 Å². The van der Waals surface area contributed by atoms with Gasteiger partial charge in [0.1, 0.15) is 5.69 Å². The minimum Gasteiger partial charge on any atom is -0.373 e. The second-order valence-corrected chi connectivity index (χ2v) is 8.21. The van der Waals surface area contributed by atoms with Gasteiger partial charge in [-0.25, -0.2) is 4.98 Å². The lowest BCUT2D eigenvalue weighted by Crippen LogP contribution is -2.44. The predicted molar refractivity (Wildman–Crippen MR) is 115 cm³/mol. The summed E-state index contributed by atoms with van der Waals surface area (Å²) in [7, 11) is 0. The Balaban J connectivity index is 1.36. The normalized spacial score (nSPS) is 19.8. The molecule has 1 amide bonds. The summed E-state index contributed by atoms with van der Waals surface area (Å²) in [5.74, 6) is -0.160. The van der Waals surface area contributed by atoms with Crippen LogP contribution in [0.3, 0.4) is 0 Å². The number of thiazole rings is 1. The van der Waals surface area contributed by atoms with E-state index >= 15 is 0 Å². The van der Waals surface area contributed by atoms with Crippen LogP contribution in [-0.4, -0.2) is 46.1 Å². The standard InChI is InChI=1S/C22H24N4O2S/c1-15-11-26(12-16(2)28-15)13-17-6-8-18(9-7-17)21(27)25-22-24-20(14-29-22)19-5-3-4-10-23-19/h3-10,14-16H,11-13H2,1-2H3,(H,24,25,27)/t15-,16-/m1/s1. The van der Waals surface area contributed by atoms with Gasteiger partial charge in [0.25, 0.3) is 5.91 Å². The molecule has 7 heteroatoms. The van der Waals surface area contributed by atoms with E-state index in [1.807, 2.05) is 47.8 Å². The van der Waals surface area contributed by atoms with E-state index in [0.717, 1.165) is 31.0 Å². The number of ether oxygens (including phenoxy) is 1. The van der Waals surface area contributed by atoms with Crippen molar-refractivity contribution in [2.45, 2.75) is 32.6 Å². The molecular formula is C22H24N4O2S. The molecule has 29 heavy (non-hydrogen) atoms. The van der Waals surface area contributed by atoms with Crippen molar-refractivity contribution < 1.29 is 9.53 Å². The van der Waals surface area contributed by atoms with Gasteiger partial charge in [0, 0.05) is 36.8 Å². The molecule has 150 valence electrons. The van der Waals surface area contributed by atoms with E-state index in [1.54, 1.807) is 6.20 Å². The number of nitrogens with zero attached hydrogens (tertiary/aromatic N) is 3. The topological polar surface area (TPSA) is 67.4 Å². The molecule has 1 aromatic carbocycles. The Morgan fingerprint density at radius 1 is 1.14 bits per heavy atom. The number of rotatable bonds is 5. The van der Waals surface area contributed by atoms with Gasteiger partial charge in [-0.3, -0.25) is 20.0 Å². The quantitative estimate of drug-likeness (QED) is 0.689. The third kappa shape index (κ3) is 5.06. The minimum atomic E-state index is -0.160. The molecule has 0 unspecified atom stereocenters. The number of hydrogen-bond acceptors (Lipinski definition) is 6. The zero-order valence-electron chi connectivity index (χ0n) is 16.5. The van der Waals surface area contributed by atoms with Crippen molar-refractivity contribution in [3.05, 3.63) is 65.2 Å². The van der Waals surface area contributed by atoms with Crippen LogP contribution >= 0.6 is 11.3 Å². The van der Waals surface area contributed by atoms with E-state index < -0.39 is 0 Å². The number of carbonyl (C=O) groups excluding carboxylic acids is 1. The van der Waals surface area contributed by atoms with E-state index in [2.05, 4.69) is 34.0 Å². The van der Waals surface area contributed by atoms with Crippen molar-refractivity contribution in [3.63, 3.8) is 0 Å². The molecule has 2 atom stereocenters. The number of morpholine rings is 1. The summed E-state index contributed by atoms with van der Waals surface area (Å²) < 4.78 is 5.79. The highest BCUT2D eigenvalue weighted by Gasteiger charge is 2.22. The first-order valence-corrected chi connectivity index (χ1v) is 10.6. The average molecular weight is 409 g/mol. The zero-order chi connectivity index (χ0) is 20.2. The van der Waals surface area contributed by atoms with Crippen LogP contribution in [0, 0.1) is 0 Å². The van der Waals surface area contributed by atoms with Crippen LogP contribution in [0.4, 0.5) is 5.13 Å². The smallest absolute Gasteiger partial charge is 0.257 e. The van der Waals surface area contributed by atoms with E-state index in [1.165, 1.54) is 16.9 Å². The molecule has 1 saturated heterocycles. The third-order valence-corrected chi connectivity index (χ3v) is 5.53. The Morgan fingerprint density at radius 3 is 2.59 bits per heavy atom. The SMILES string of the molecule is C[C@@H]1CN(Cc2ccc(C(=O)Nc3nc(-c4ccccn4)cs3)cc2)C[C@@H](C)O1. The lowest BCUT2D eigenvalue weighted by molar-refractivity contribution is -0.0704. The number of benzene rings is 1. The Labute approximate surface area is 174 Å². The number of pyridine rings is 1. The second-order valence-electron chi connectivity index (χ2n) is 7.36. The fraction of sp³-hybridized carbons (Fsp3) is 0.318. The lowest BCUT2D eigenvalue weighted by Gasteiger charge is -2.35. The Bertz CT molecular complexity index is 948. The minimum absolute atomic E-state index is 0.160. The van der Waals surface area contributed by atoms with Crippen LogP contribution in [0.15, 0.2) is 54.0 Å². The maximum Gasteiger partial charge on any atom is 0.257 e. The second kappa shape index (κ2) is 8.82. The molecule has 2 aromatic heterocycles. The molecule has 1 N–H and O–H groups in total. The molecule has 6 nitrogen and oxygen atoms in total. The van der Waals surface area contributed by atoms with Gasteiger partial charge in [-0.1, -0.05) is 18.2 Å². The summed E-state index contributed by atoms with van der Waals surface area (Å²) in [5.41, 5.74) is 3.36. The van der Waals surface area contributed by atoms with E-state index in [4.69, 9.17) is 4.74 Å². The van der Waals surface area contributed by atoms with Crippen LogP contribution in [0.5, 0.6) is 0 Å². The number of nitrogens with one attached hydrogen (secondary N) is 1. The zero-order valence-corrected chi connectivity index (χ0v) is 17.4. The molecule has 1 aliphatic rings. The van der Waals surface area contributed by atoms with Crippen molar-refractivity contribution in [1.82, 2.24) is 14.9 Å². The van der Waals surface area contributed by atoms with Gasteiger partial charge in [-0.05, 0) is 43.7 Å². The summed E-state index contributed by atoms with van der Waals surface area (Å²) in [6.45, 7) is 6.92. The molecule has 4 rings (SSSR count). The summed E-state index contributed by atoms with van der Waals surface area (Å²) in [4.78, 5) is 23.7.